The van der Waals surface area contributed by atoms with Gasteiger partial charge in [-0.3, -0.25) is 9.59 Å². The van der Waals surface area contributed by atoms with Gasteiger partial charge < -0.3 is 9.47 Å². The molecule has 0 amide bonds. The Hall–Kier alpha value is -0.620. The molecule has 114 valence electrons. The van der Waals surface area contributed by atoms with Gasteiger partial charge in [-0.15, -0.1) is 0 Å². The first-order chi connectivity index (χ1) is 9.33. The number of carbonyl (C=O) groups is 2. The van der Waals surface area contributed by atoms with Gasteiger partial charge in [0.15, 0.2) is 5.92 Å². The molecule has 1 atom stereocenters. The molecule has 1 unspecified atom stereocenters. The van der Waals surface area contributed by atoms with E-state index in [2.05, 4.69) is 45.0 Å². The number of halogens is 2. The molecule has 0 aromatic heterocycles. The second kappa shape index (κ2) is 10.2. The minimum Gasteiger partial charge on any atom is -0.465 e. The highest BCUT2D eigenvalue weighted by molar-refractivity contribution is 9.12. The van der Waals surface area contributed by atoms with Gasteiger partial charge in [-0.2, -0.15) is 0 Å². The Morgan fingerprint density at radius 1 is 1.05 bits per heavy atom. The highest BCUT2D eigenvalue weighted by atomic mass is 79.9. The Labute approximate surface area is 136 Å². The van der Waals surface area contributed by atoms with Crippen LogP contribution >= 0.6 is 31.9 Å². The molecule has 0 N–H and O–H groups in total. The van der Waals surface area contributed by atoms with E-state index in [1.807, 2.05) is 0 Å². The van der Waals surface area contributed by atoms with Crippen molar-refractivity contribution in [3.8, 4) is 0 Å². The maximum absolute atomic E-state index is 11.9. The van der Waals surface area contributed by atoms with E-state index in [4.69, 9.17) is 9.47 Å². The van der Waals surface area contributed by atoms with Crippen LogP contribution in [0.15, 0.2) is 22.1 Å². The molecule has 0 spiro atoms. The van der Waals surface area contributed by atoms with E-state index in [0.717, 1.165) is 4.48 Å². The predicted molar refractivity (Wildman–Crippen MR) is 85.6 cm³/mol. The average Bonchev–Trinajstić information content (AvgIpc) is 2.33. The summed E-state index contributed by atoms with van der Waals surface area (Å²) in [5.74, 6) is -2.18. The zero-order valence-corrected chi connectivity index (χ0v) is 15.0. The number of esters is 2. The van der Waals surface area contributed by atoms with Crippen molar-refractivity contribution in [3.63, 3.8) is 0 Å². The number of carbonyl (C=O) groups excluding carboxylic acids is 2. The van der Waals surface area contributed by atoms with Crippen LogP contribution in [0.5, 0.6) is 0 Å². The van der Waals surface area contributed by atoms with Gasteiger partial charge in [0.25, 0.3) is 0 Å². The maximum Gasteiger partial charge on any atom is 0.320 e. The van der Waals surface area contributed by atoms with Crippen molar-refractivity contribution >= 4 is 43.8 Å². The first-order valence-corrected chi connectivity index (χ1v) is 7.92. The molecule has 20 heavy (non-hydrogen) atoms. The van der Waals surface area contributed by atoms with E-state index in [-0.39, 0.29) is 25.6 Å². The summed E-state index contributed by atoms with van der Waals surface area (Å²) in [6.45, 7) is 11.4. The van der Waals surface area contributed by atoms with E-state index in [0.29, 0.717) is 10.9 Å². The lowest BCUT2D eigenvalue weighted by Crippen LogP contribution is -2.30. The van der Waals surface area contributed by atoms with Crippen LogP contribution in [0.1, 0.15) is 26.7 Å². The van der Waals surface area contributed by atoms with Gasteiger partial charge in [0, 0.05) is 0 Å². The lowest BCUT2D eigenvalue weighted by molar-refractivity contribution is -0.162. The molecule has 0 aliphatic heterocycles. The van der Waals surface area contributed by atoms with Gasteiger partial charge >= 0.3 is 11.9 Å². The molecule has 0 saturated heterocycles. The summed E-state index contributed by atoms with van der Waals surface area (Å²) in [6, 6.07) is 0. The second-order valence-electron chi connectivity index (χ2n) is 4.16. The Balaban J connectivity index is 5.00. The zero-order chi connectivity index (χ0) is 15.7. The fourth-order valence-electron chi connectivity index (χ4n) is 1.65. The number of allylic oxidation sites excluding steroid dienone is 2. The predicted octanol–water partition coefficient (Wildman–Crippen LogP) is 3.94. The van der Waals surface area contributed by atoms with Crippen LogP contribution in [0.2, 0.25) is 0 Å². The smallest absolute Gasteiger partial charge is 0.320 e. The standard InChI is InChI=1S/C14H20Br2O4/c1-5-19-13(17)12(14(18)20-6-2)8-11(10(4)16)7-9(3)15/h11-12H,3-8H2,1-2H3. The molecule has 0 aromatic carbocycles. The monoisotopic (exact) mass is 410 g/mol. The van der Waals surface area contributed by atoms with Crippen LogP contribution in [0.25, 0.3) is 0 Å². The molecule has 0 saturated carbocycles. The summed E-state index contributed by atoms with van der Waals surface area (Å²) in [4.78, 5) is 23.8. The third kappa shape index (κ3) is 7.24. The van der Waals surface area contributed by atoms with Crippen molar-refractivity contribution in [1.82, 2.24) is 0 Å². The average molecular weight is 412 g/mol. The van der Waals surface area contributed by atoms with Crippen LogP contribution in [0, 0.1) is 11.8 Å². The molecule has 0 aliphatic rings. The van der Waals surface area contributed by atoms with Crippen LogP contribution in [0.3, 0.4) is 0 Å². The molecular formula is C14H20Br2O4. The van der Waals surface area contributed by atoms with Gasteiger partial charge in [-0.25, -0.2) is 0 Å². The Kier molecular flexibility index (Phi) is 9.84. The molecule has 0 aromatic rings. The van der Waals surface area contributed by atoms with Crippen molar-refractivity contribution in [3.05, 3.63) is 22.1 Å². The Bertz CT molecular complexity index is 361. The normalized spacial score (nSPS) is 11.8. The highest BCUT2D eigenvalue weighted by Crippen LogP contribution is 2.31. The van der Waals surface area contributed by atoms with Gasteiger partial charge in [-0.05, 0) is 41.6 Å². The van der Waals surface area contributed by atoms with Crippen LogP contribution in [-0.2, 0) is 19.1 Å². The van der Waals surface area contributed by atoms with Gasteiger partial charge in [-0.1, -0.05) is 45.0 Å². The molecule has 0 radical (unpaired) electrons. The summed E-state index contributed by atoms with van der Waals surface area (Å²) in [7, 11) is 0. The number of hydrogen-bond acceptors (Lipinski definition) is 4. The Morgan fingerprint density at radius 2 is 1.50 bits per heavy atom. The first-order valence-electron chi connectivity index (χ1n) is 6.34. The van der Waals surface area contributed by atoms with E-state index >= 15 is 0 Å². The van der Waals surface area contributed by atoms with Crippen LogP contribution in [0.4, 0.5) is 0 Å². The largest absolute Gasteiger partial charge is 0.465 e. The van der Waals surface area contributed by atoms with Crippen molar-refractivity contribution in [2.75, 3.05) is 13.2 Å². The van der Waals surface area contributed by atoms with E-state index < -0.39 is 17.9 Å². The van der Waals surface area contributed by atoms with Crippen molar-refractivity contribution < 1.29 is 19.1 Å². The summed E-state index contributed by atoms with van der Waals surface area (Å²) >= 11 is 6.59. The number of rotatable bonds is 9. The van der Waals surface area contributed by atoms with Gasteiger partial charge in [0.2, 0.25) is 0 Å². The third-order valence-corrected chi connectivity index (χ3v) is 3.54. The first kappa shape index (κ1) is 19.4. The minimum atomic E-state index is -0.943. The molecule has 4 nitrogen and oxygen atoms in total. The fourth-order valence-corrected chi connectivity index (χ4v) is 2.39. The summed E-state index contributed by atoms with van der Waals surface area (Å²) in [6.07, 6.45) is 0.839. The van der Waals surface area contributed by atoms with Crippen LogP contribution in [-0.4, -0.2) is 25.2 Å². The second-order valence-corrected chi connectivity index (χ2v) is 6.30. The molecule has 0 bridgehead atoms. The number of ether oxygens (including phenoxy) is 2. The van der Waals surface area contributed by atoms with Crippen molar-refractivity contribution in [2.24, 2.45) is 11.8 Å². The molecular weight excluding hydrogens is 392 g/mol. The lowest BCUT2D eigenvalue weighted by atomic mass is 9.92. The molecule has 6 heteroatoms. The fraction of sp³-hybridized carbons (Fsp3) is 0.571. The molecule has 0 aliphatic carbocycles. The topological polar surface area (TPSA) is 52.6 Å². The van der Waals surface area contributed by atoms with E-state index in [1.54, 1.807) is 13.8 Å². The summed E-state index contributed by atoms with van der Waals surface area (Å²) in [5, 5.41) is 0. The minimum absolute atomic E-state index is 0.110. The maximum atomic E-state index is 11.9. The summed E-state index contributed by atoms with van der Waals surface area (Å²) < 4.78 is 11.4. The van der Waals surface area contributed by atoms with Gasteiger partial charge in [0.1, 0.15) is 0 Å². The van der Waals surface area contributed by atoms with Crippen molar-refractivity contribution in [2.45, 2.75) is 26.7 Å². The quantitative estimate of drug-likeness (QED) is 0.425. The van der Waals surface area contributed by atoms with E-state index in [9.17, 15) is 9.59 Å². The molecule has 0 heterocycles. The zero-order valence-electron chi connectivity index (χ0n) is 11.8. The highest BCUT2D eigenvalue weighted by Gasteiger charge is 2.32. The van der Waals surface area contributed by atoms with Crippen molar-refractivity contribution in [1.29, 1.82) is 0 Å². The molecule has 0 rings (SSSR count). The molecule has 0 fully saturated rings. The van der Waals surface area contributed by atoms with Gasteiger partial charge in [0.05, 0.1) is 13.2 Å². The third-order valence-electron chi connectivity index (χ3n) is 2.57. The number of hydrogen-bond donors (Lipinski definition) is 0. The SMILES string of the molecule is C=C(Br)CC(CC(C(=O)OCC)C(=O)OCC)C(=C)Br. The Morgan fingerprint density at radius 3 is 1.80 bits per heavy atom. The van der Waals surface area contributed by atoms with Crippen LogP contribution < -0.4 is 0 Å². The summed E-state index contributed by atoms with van der Waals surface area (Å²) in [5.41, 5.74) is 0. The van der Waals surface area contributed by atoms with E-state index in [1.165, 1.54) is 0 Å². The lowest BCUT2D eigenvalue weighted by Gasteiger charge is -2.20.